The number of ether oxygens (including phenoxy) is 2. The number of furan rings is 2. The van der Waals surface area contributed by atoms with Gasteiger partial charge in [-0.3, -0.25) is 4.79 Å². The molecule has 72 heavy (non-hydrogen) atoms. The van der Waals surface area contributed by atoms with Crippen LogP contribution in [0.1, 0.15) is 115 Å². The summed E-state index contributed by atoms with van der Waals surface area (Å²) >= 11 is 0. The van der Waals surface area contributed by atoms with Crippen LogP contribution in [0, 0.1) is 0 Å². The summed E-state index contributed by atoms with van der Waals surface area (Å²) in [5, 5.41) is 8.74. The van der Waals surface area contributed by atoms with E-state index in [0.29, 0.717) is 24.8 Å². The molecule has 1 aliphatic carbocycles. The first kappa shape index (κ1) is 49.5. The van der Waals surface area contributed by atoms with Crippen LogP contribution in [0.15, 0.2) is 178 Å². The van der Waals surface area contributed by atoms with Gasteiger partial charge in [-0.05, 0) is 133 Å². The van der Waals surface area contributed by atoms with Crippen LogP contribution in [-0.2, 0) is 14.9 Å². The lowest BCUT2D eigenvalue weighted by Gasteiger charge is -2.33. The highest BCUT2D eigenvalue weighted by Gasteiger charge is 2.42. The maximum atomic E-state index is 11.9. The van der Waals surface area contributed by atoms with Gasteiger partial charge in [0.25, 0.3) is 0 Å². The molecule has 3 aromatic heterocycles. The summed E-state index contributed by atoms with van der Waals surface area (Å²) in [6.45, 7) is 12.5. The minimum absolute atomic E-state index is 0.109. The smallest absolute Gasteiger partial charge is 0.306 e. The molecule has 3 heterocycles. The van der Waals surface area contributed by atoms with Crippen molar-refractivity contribution in [1.82, 2.24) is 10.2 Å². The van der Waals surface area contributed by atoms with E-state index in [4.69, 9.17) is 22.7 Å². The number of fused-ring (bicyclic) bond motifs is 3. The number of nitrogens with zero attached hydrogens (tertiary/aromatic N) is 2. The van der Waals surface area contributed by atoms with E-state index in [9.17, 15) is 4.79 Å². The zero-order chi connectivity index (χ0) is 49.7. The molecule has 0 spiro atoms. The summed E-state index contributed by atoms with van der Waals surface area (Å²) in [6.07, 6.45) is 17.3. The third kappa shape index (κ3) is 11.3. The van der Waals surface area contributed by atoms with E-state index in [0.717, 1.165) is 146 Å². The Morgan fingerprint density at radius 1 is 0.528 bits per heavy atom. The van der Waals surface area contributed by atoms with Crippen molar-refractivity contribution >= 4 is 5.97 Å². The van der Waals surface area contributed by atoms with Crippen molar-refractivity contribution < 1.29 is 27.5 Å². The van der Waals surface area contributed by atoms with Gasteiger partial charge < -0.3 is 22.7 Å². The molecule has 0 fully saturated rings. The number of carbonyl (C=O) groups excluding carboxylic acids is 1. The summed E-state index contributed by atoms with van der Waals surface area (Å²) in [5.41, 5.74) is 11.2. The molecule has 0 bridgehead atoms. The van der Waals surface area contributed by atoms with Crippen LogP contribution in [0.4, 0.5) is 0 Å². The zero-order valence-corrected chi connectivity index (χ0v) is 41.9. The molecule has 0 N–H and O–H groups in total. The van der Waals surface area contributed by atoms with Gasteiger partial charge in [-0.15, -0.1) is 10.2 Å². The second-order valence-electron chi connectivity index (χ2n) is 19.0. The van der Waals surface area contributed by atoms with Gasteiger partial charge in [-0.2, -0.15) is 0 Å². The lowest BCUT2D eigenvalue weighted by molar-refractivity contribution is -0.145. The first-order valence-electron chi connectivity index (χ1n) is 26.1. The third-order valence-corrected chi connectivity index (χ3v) is 14.1. The van der Waals surface area contributed by atoms with E-state index in [1.165, 1.54) is 22.3 Å². The largest absolute Gasteiger partial charge is 0.494 e. The SMILES string of the molecule is C=CC(C=C)OC(=O)CCCCCCCCCOc1ccc(-c2nnc(-c3ccc(-c4ccc(-c5ccc6c(c5)C(CCCC)(CCCC)c5cc(-c7ccc(-c8ccccc8)o7)ccc5-6)o4)cc3)o2)cc1. The minimum Gasteiger partial charge on any atom is -0.494 e. The Hall–Kier alpha value is -7.45. The van der Waals surface area contributed by atoms with E-state index in [-0.39, 0.29) is 11.4 Å². The molecule has 8 aromatic rings. The highest BCUT2D eigenvalue weighted by atomic mass is 16.5. The average molecular weight is 959 g/mol. The second-order valence-corrected chi connectivity index (χ2v) is 19.0. The molecule has 0 atom stereocenters. The lowest BCUT2D eigenvalue weighted by atomic mass is 9.70. The van der Waals surface area contributed by atoms with Crippen molar-refractivity contribution in [1.29, 1.82) is 0 Å². The number of esters is 1. The Bertz CT molecular complexity index is 3030. The highest BCUT2D eigenvalue weighted by Crippen LogP contribution is 2.56. The topological polar surface area (TPSA) is 101 Å². The molecular weight excluding hydrogens is 893 g/mol. The Balaban J connectivity index is 0.807. The monoisotopic (exact) mass is 958 g/mol. The Kier molecular flexibility index (Phi) is 16.3. The summed E-state index contributed by atoms with van der Waals surface area (Å²) < 4.78 is 30.6. The van der Waals surface area contributed by atoms with Crippen LogP contribution in [0.2, 0.25) is 0 Å². The van der Waals surface area contributed by atoms with Gasteiger partial charge in [0.1, 0.15) is 34.9 Å². The quantitative estimate of drug-likeness (QED) is 0.0300. The standard InChI is InChI=1S/C64H66N2O6/c1-5-9-40-64(41-10-6-2)55-43-49(59-38-36-57(70-59)45-21-17-16-18-22-45)30-34-53(55)54-35-31-50(44-56(54)64)60-39-37-58(71-60)46-24-26-47(27-25-46)62-65-66-63(72-62)48-28-32-52(33-29-48)68-42-20-15-13-11-12-14-19-23-61(67)69-51(7-3)8-4/h7-8,16-18,21-22,24-39,43-44,51H,3-6,9-15,19-20,23,40-42H2,1-2H3. The number of hydrogen-bond donors (Lipinski definition) is 0. The summed E-state index contributed by atoms with van der Waals surface area (Å²) in [4.78, 5) is 11.9. The van der Waals surface area contributed by atoms with E-state index in [1.807, 2.05) is 66.7 Å². The molecule has 9 rings (SSSR count). The van der Waals surface area contributed by atoms with Gasteiger partial charge in [0, 0.05) is 45.2 Å². The Morgan fingerprint density at radius 3 is 1.51 bits per heavy atom. The molecule has 8 heteroatoms. The van der Waals surface area contributed by atoms with E-state index >= 15 is 0 Å². The van der Waals surface area contributed by atoms with Crippen molar-refractivity contribution in [3.63, 3.8) is 0 Å². The summed E-state index contributed by atoms with van der Waals surface area (Å²) in [7, 11) is 0. The van der Waals surface area contributed by atoms with Crippen LogP contribution >= 0.6 is 0 Å². The zero-order valence-electron chi connectivity index (χ0n) is 41.9. The fourth-order valence-corrected chi connectivity index (χ4v) is 10.1. The molecule has 368 valence electrons. The predicted molar refractivity (Wildman–Crippen MR) is 289 cm³/mol. The minimum atomic E-state index is -0.407. The van der Waals surface area contributed by atoms with Crippen molar-refractivity contribution in [3.8, 4) is 85.1 Å². The van der Waals surface area contributed by atoms with Gasteiger partial charge in [-0.25, -0.2) is 0 Å². The first-order valence-corrected chi connectivity index (χ1v) is 26.1. The normalized spacial score (nSPS) is 12.4. The van der Waals surface area contributed by atoms with Crippen LogP contribution in [0.5, 0.6) is 5.75 Å². The van der Waals surface area contributed by atoms with Crippen LogP contribution in [0.3, 0.4) is 0 Å². The van der Waals surface area contributed by atoms with Gasteiger partial charge in [0.15, 0.2) is 0 Å². The third-order valence-electron chi connectivity index (χ3n) is 14.1. The highest BCUT2D eigenvalue weighted by molar-refractivity contribution is 5.86. The molecule has 0 radical (unpaired) electrons. The maximum Gasteiger partial charge on any atom is 0.306 e. The molecule has 8 nitrogen and oxygen atoms in total. The van der Waals surface area contributed by atoms with Crippen LogP contribution in [0.25, 0.3) is 79.3 Å². The van der Waals surface area contributed by atoms with E-state index < -0.39 is 6.10 Å². The van der Waals surface area contributed by atoms with Gasteiger partial charge >= 0.3 is 5.97 Å². The molecule has 0 saturated heterocycles. The van der Waals surface area contributed by atoms with Crippen molar-refractivity contribution in [2.75, 3.05) is 6.61 Å². The van der Waals surface area contributed by atoms with Crippen LogP contribution in [-0.4, -0.2) is 28.9 Å². The number of benzene rings is 5. The second kappa shape index (κ2) is 23.6. The van der Waals surface area contributed by atoms with Gasteiger partial charge in [-0.1, -0.05) is 152 Å². The van der Waals surface area contributed by atoms with Crippen molar-refractivity contribution in [2.24, 2.45) is 0 Å². The van der Waals surface area contributed by atoms with Crippen molar-refractivity contribution in [3.05, 3.63) is 176 Å². The molecule has 0 saturated carbocycles. The molecule has 1 aliphatic rings. The summed E-state index contributed by atoms with van der Waals surface area (Å²) in [6, 6.07) is 48.4. The lowest BCUT2D eigenvalue weighted by Crippen LogP contribution is -2.25. The number of hydrogen-bond acceptors (Lipinski definition) is 8. The Labute approximate surface area is 424 Å². The first-order chi connectivity index (χ1) is 35.4. The molecule has 0 unspecified atom stereocenters. The van der Waals surface area contributed by atoms with Gasteiger partial charge in [0.2, 0.25) is 11.8 Å². The van der Waals surface area contributed by atoms with E-state index in [2.05, 4.69) is 110 Å². The number of unbranched alkanes of at least 4 members (excludes halogenated alkanes) is 8. The molecule has 0 aliphatic heterocycles. The Morgan fingerprint density at radius 2 is 0.986 bits per heavy atom. The fraction of sp³-hybridized carbons (Fsp3) is 0.297. The molecule has 0 amide bonds. The number of aromatic nitrogens is 2. The number of carbonyl (C=O) groups is 1. The fourth-order valence-electron chi connectivity index (χ4n) is 10.1. The molecule has 5 aromatic carbocycles. The molecular formula is C64H66N2O6. The van der Waals surface area contributed by atoms with Crippen molar-refractivity contribution in [2.45, 2.75) is 115 Å². The summed E-state index contributed by atoms with van der Waals surface area (Å²) in [5.74, 6) is 4.93. The number of rotatable bonds is 26. The van der Waals surface area contributed by atoms with Gasteiger partial charge in [0.05, 0.1) is 6.61 Å². The maximum absolute atomic E-state index is 11.9. The van der Waals surface area contributed by atoms with E-state index in [1.54, 1.807) is 12.2 Å². The average Bonchev–Trinajstić information content (AvgIpc) is 4.27. The van der Waals surface area contributed by atoms with Crippen LogP contribution < -0.4 is 4.74 Å². The predicted octanol–water partition coefficient (Wildman–Crippen LogP) is 17.7.